The Morgan fingerprint density at radius 1 is 1.39 bits per heavy atom. The van der Waals surface area contributed by atoms with Crippen molar-refractivity contribution in [2.75, 3.05) is 12.3 Å². The summed E-state index contributed by atoms with van der Waals surface area (Å²) in [6.45, 7) is 8.22. The van der Waals surface area contributed by atoms with Crippen molar-refractivity contribution in [1.82, 2.24) is 14.8 Å². The van der Waals surface area contributed by atoms with Crippen LogP contribution in [0.25, 0.3) is 11.0 Å². The van der Waals surface area contributed by atoms with Crippen molar-refractivity contribution in [3.05, 3.63) is 18.5 Å². The van der Waals surface area contributed by atoms with Gasteiger partial charge in [-0.15, -0.1) is 0 Å². The molecule has 0 aliphatic rings. The van der Waals surface area contributed by atoms with E-state index in [0.717, 1.165) is 23.7 Å². The number of nitrogens with zero attached hydrogens (tertiary/aromatic N) is 3. The molecule has 0 amide bonds. The van der Waals surface area contributed by atoms with Crippen LogP contribution in [0.3, 0.4) is 0 Å². The smallest absolute Gasteiger partial charge is 0.162 e. The van der Waals surface area contributed by atoms with E-state index in [0.29, 0.717) is 12.4 Å². The van der Waals surface area contributed by atoms with Crippen LogP contribution in [-0.4, -0.2) is 29.4 Å². The third-order valence-corrected chi connectivity index (χ3v) is 4.49. The van der Waals surface area contributed by atoms with E-state index in [4.69, 9.17) is 10.5 Å². The molecule has 0 spiro atoms. The summed E-state index contributed by atoms with van der Waals surface area (Å²) >= 11 is 0. The van der Waals surface area contributed by atoms with Crippen LogP contribution in [0.2, 0.25) is 25.7 Å². The minimum absolute atomic E-state index is 0.435. The first-order chi connectivity index (χ1) is 8.47. The third kappa shape index (κ3) is 3.08. The van der Waals surface area contributed by atoms with Gasteiger partial charge in [-0.3, -0.25) is 0 Å². The van der Waals surface area contributed by atoms with Gasteiger partial charge in [0, 0.05) is 26.6 Å². The molecule has 0 radical (unpaired) electrons. The average Bonchev–Trinajstić information content (AvgIpc) is 2.68. The lowest BCUT2D eigenvalue weighted by Gasteiger charge is -2.15. The van der Waals surface area contributed by atoms with E-state index in [1.54, 1.807) is 23.1 Å². The lowest BCUT2D eigenvalue weighted by atomic mass is 10.3. The van der Waals surface area contributed by atoms with Crippen molar-refractivity contribution in [1.29, 1.82) is 0 Å². The molecule has 0 saturated heterocycles. The molecule has 0 unspecified atom stereocenters. The molecule has 98 valence electrons. The second-order valence-corrected chi connectivity index (χ2v) is 11.3. The first-order valence-electron chi connectivity index (χ1n) is 6.11. The van der Waals surface area contributed by atoms with Gasteiger partial charge in [0.25, 0.3) is 0 Å². The van der Waals surface area contributed by atoms with Crippen LogP contribution in [0.1, 0.15) is 0 Å². The van der Waals surface area contributed by atoms with Gasteiger partial charge in [-0.1, -0.05) is 19.6 Å². The van der Waals surface area contributed by atoms with Crippen molar-refractivity contribution >= 4 is 24.8 Å². The van der Waals surface area contributed by atoms with Gasteiger partial charge in [0.05, 0.1) is 11.6 Å². The number of anilines is 1. The molecule has 0 aliphatic heterocycles. The van der Waals surface area contributed by atoms with Crippen LogP contribution < -0.4 is 5.73 Å². The van der Waals surface area contributed by atoms with Gasteiger partial charge in [0.2, 0.25) is 0 Å². The quantitative estimate of drug-likeness (QED) is 0.665. The van der Waals surface area contributed by atoms with Gasteiger partial charge in [-0.25, -0.2) is 9.67 Å². The molecule has 5 nitrogen and oxygen atoms in total. The highest BCUT2D eigenvalue weighted by molar-refractivity contribution is 6.76. The summed E-state index contributed by atoms with van der Waals surface area (Å²) in [5.41, 5.74) is 7.34. The molecule has 18 heavy (non-hydrogen) atoms. The number of rotatable bonds is 5. The van der Waals surface area contributed by atoms with Gasteiger partial charge >= 0.3 is 0 Å². The normalized spacial score (nSPS) is 12.2. The highest BCUT2D eigenvalue weighted by atomic mass is 28.3. The molecule has 6 heteroatoms. The van der Waals surface area contributed by atoms with Crippen LogP contribution in [0.4, 0.5) is 5.69 Å². The van der Waals surface area contributed by atoms with Crippen molar-refractivity contribution in [2.45, 2.75) is 32.4 Å². The Hall–Kier alpha value is -1.40. The Bertz CT molecular complexity index is 532. The molecule has 0 atom stereocenters. The SMILES string of the molecule is C[Si](C)(C)CCOCn1ncc2c(N)ccnc21. The summed E-state index contributed by atoms with van der Waals surface area (Å²) in [5, 5.41) is 5.13. The summed E-state index contributed by atoms with van der Waals surface area (Å²) in [5.74, 6) is 0. The number of pyridine rings is 1. The predicted octanol–water partition coefficient (Wildman–Crippen LogP) is 2.33. The fourth-order valence-corrected chi connectivity index (χ4v) is 2.38. The number of hydrogen-bond donors (Lipinski definition) is 1. The highest BCUT2D eigenvalue weighted by Gasteiger charge is 2.12. The van der Waals surface area contributed by atoms with E-state index >= 15 is 0 Å². The van der Waals surface area contributed by atoms with Crippen LogP contribution in [0, 0.1) is 0 Å². The van der Waals surface area contributed by atoms with E-state index in [2.05, 4.69) is 29.7 Å². The molecule has 2 heterocycles. The molecular weight excluding hydrogens is 244 g/mol. The molecule has 0 fully saturated rings. The van der Waals surface area contributed by atoms with E-state index in [9.17, 15) is 0 Å². The van der Waals surface area contributed by atoms with Crippen molar-refractivity contribution < 1.29 is 4.74 Å². The molecule has 0 bridgehead atoms. The lowest BCUT2D eigenvalue weighted by Crippen LogP contribution is -2.22. The number of aromatic nitrogens is 3. The monoisotopic (exact) mass is 264 g/mol. The lowest BCUT2D eigenvalue weighted by molar-refractivity contribution is 0.0813. The minimum atomic E-state index is -1.03. The molecule has 0 aromatic carbocycles. The van der Waals surface area contributed by atoms with Gasteiger partial charge < -0.3 is 10.5 Å². The second-order valence-electron chi connectivity index (χ2n) is 5.63. The molecule has 0 aliphatic carbocycles. The standard InChI is InChI=1S/C12H20N4OSi/c1-18(2,3)7-6-17-9-16-12-10(8-15-16)11(13)4-5-14-12/h4-5,8H,6-7,9H2,1-3H3,(H2,13,14). The minimum Gasteiger partial charge on any atom is -0.398 e. The van der Waals surface area contributed by atoms with Gasteiger partial charge in [-0.05, 0) is 12.1 Å². The number of fused-ring (bicyclic) bond motifs is 1. The molecule has 2 aromatic heterocycles. The van der Waals surface area contributed by atoms with Gasteiger partial charge in [0.15, 0.2) is 5.65 Å². The van der Waals surface area contributed by atoms with Crippen LogP contribution in [0.5, 0.6) is 0 Å². The summed E-state index contributed by atoms with van der Waals surface area (Å²) in [4.78, 5) is 4.28. The predicted molar refractivity (Wildman–Crippen MR) is 76.0 cm³/mol. The van der Waals surface area contributed by atoms with Crippen LogP contribution in [0.15, 0.2) is 18.5 Å². The zero-order valence-corrected chi connectivity index (χ0v) is 12.2. The largest absolute Gasteiger partial charge is 0.398 e. The number of nitrogens with two attached hydrogens (primary N) is 1. The fourth-order valence-electron chi connectivity index (χ4n) is 1.62. The number of ether oxygens (including phenoxy) is 1. The van der Waals surface area contributed by atoms with Gasteiger partial charge in [0.1, 0.15) is 6.73 Å². The Kier molecular flexibility index (Phi) is 3.67. The fraction of sp³-hybridized carbons (Fsp3) is 0.500. The maximum atomic E-state index is 5.85. The third-order valence-electron chi connectivity index (χ3n) is 2.78. The molecule has 0 saturated carbocycles. The molecule has 2 aromatic rings. The Morgan fingerprint density at radius 3 is 2.89 bits per heavy atom. The molecule has 2 rings (SSSR count). The Balaban J connectivity index is 1.98. The summed E-state index contributed by atoms with van der Waals surface area (Å²) < 4.78 is 7.40. The summed E-state index contributed by atoms with van der Waals surface area (Å²) in [6.07, 6.45) is 3.43. The summed E-state index contributed by atoms with van der Waals surface area (Å²) in [6, 6.07) is 2.93. The number of hydrogen-bond acceptors (Lipinski definition) is 4. The topological polar surface area (TPSA) is 66.0 Å². The molecular formula is C12H20N4OSi. The zero-order valence-electron chi connectivity index (χ0n) is 11.2. The first kappa shape index (κ1) is 13.0. The van der Waals surface area contributed by atoms with E-state index < -0.39 is 8.07 Å². The van der Waals surface area contributed by atoms with Crippen molar-refractivity contribution in [3.8, 4) is 0 Å². The van der Waals surface area contributed by atoms with Crippen molar-refractivity contribution in [2.24, 2.45) is 0 Å². The zero-order chi connectivity index (χ0) is 13.2. The van der Waals surface area contributed by atoms with Crippen LogP contribution >= 0.6 is 0 Å². The first-order valence-corrected chi connectivity index (χ1v) is 9.82. The van der Waals surface area contributed by atoms with Gasteiger partial charge in [-0.2, -0.15) is 5.10 Å². The average molecular weight is 264 g/mol. The van der Waals surface area contributed by atoms with Crippen LogP contribution in [-0.2, 0) is 11.5 Å². The number of nitrogen functional groups attached to an aromatic ring is 1. The second kappa shape index (κ2) is 5.07. The molecule has 2 N–H and O–H groups in total. The maximum Gasteiger partial charge on any atom is 0.162 e. The summed E-state index contributed by atoms with van der Waals surface area (Å²) in [7, 11) is -1.03. The highest BCUT2D eigenvalue weighted by Crippen LogP contribution is 2.17. The van der Waals surface area contributed by atoms with Crippen molar-refractivity contribution in [3.63, 3.8) is 0 Å². The Labute approximate surface area is 108 Å². The van der Waals surface area contributed by atoms with E-state index in [-0.39, 0.29) is 0 Å². The van der Waals surface area contributed by atoms with E-state index in [1.165, 1.54) is 0 Å². The van der Waals surface area contributed by atoms with E-state index in [1.807, 2.05) is 0 Å². The maximum absolute atomic E-state index is 5.85. The Morgan fingerprint density at radius 2 is 2.17 bits per heavy atom.